The van der Waals surface area contributed by atoms with E-state index in [1.54, 1.807) is 0 Å². The van der Waals surface area contributed by atoms with Crippen LogP contribution in [0.25, 0.3) is 0 Å². The van der Waals surface area contributed by atoms with E-state index in [-0.39, 0.29) is 5.78 Å². The normalized spacial score (nSPS) is 19.1. The van der Waals surface area contributed by atoms with Crippen molar-refractivity contribution >= 4 is 23.5 Å². The highest BCUT2D eigenvalue weighted by atomic mass is 32.2. The van der Waals surface area contributed by atoms with E-state index in [1.165, 1.54) is 18.9 Å². The molecule has 1 aliphatic heterocycles. The van der Waals surface area contributed by atoms with E-state index in [1.807, 2.05) is 25.1 Å². The van der Waals surface area contributed by atoms with Crippen molar-refractivity contribution in [1.82, 2.24) is 0 Å². The van der Waals surface area contributed by atoms with E-state index < -0.39 is 11.9 Å². The molecule has 16 heavy (non-hydrogen) atoms. The van der Waals surface area contributed by atoms with Crippen LogP contribution in [0.1, 0.15) is 15.9 Å². The number of hydrogen-bond acceptors (Lipinski definition) is 4. The molecule has 1 aliphatic rings. The average Bonchev–Trinajstić information content (AvgIpc) is 2.29. The number of thioether (sulfide) groups is 1. The first kappa shape index (κ1) is 11.2. The van der Waals surface area contributed by atoms with Gasteiger partial charge in [-0.05, 0) is 19.1 Å². The molecule has 84 valence electrons. The van der Waals surface area contributed by atoms with E-state index in [4.69, 9.17) is 0 Å². The number of methoxy groups -OCH3 is 1. The molecule has 1 heterocycles. The summed E-state index contributed by atoms with van der Waals surface area (Å²) in [4.78, 5) is 24.4. The Morgan fingerprint density at radius 2 is 2.25 bits per heavy atom. The lowest BCUT2D eigenvalue weighted by Gasteiger charge is -2.21. The molecule has 3 nitrogen and oxygen atoms in total. The molecule has 0 saturated carbocycles. The van der Waals surface area contributed by atoms with Crippen LogP contribution in [0.5, 0.6) is 0 Å². The second-order valence-corrected chi connectivity index (χ2v) is 4.81. The molecule has 0 bridgehead atoms. The minimum atomic E-state index is -0.649. The number of carbonyl (C=O) groups is 2. The highest BCUT2D eigenvalue weighted by Crippen LogP contribution is 2.33. The van der Waals surface area contributed by atoms with Gasteiger partial charge in [-0.2, -0.15) is 0 Å². The van der Waals surface area contributed by atoms with Gasteiger partial charge in [0.2, 0.25) is 0 Å². The predicted octanol–water partition coefficient (Wildman–Crippen LogP) is 2.07. The summed E-state index contributed by atoms with van der Waals surface area (Å²) in [6, 6.07) is 5.73. The van der Waals surface area contributed by atoms with Gasteiger partial charge in [-0.1, -0.05) is 11.6 Å². The Hall–Kier alpha value is -1.29. The molecule has 1 atom stereocenters. The Kier molecular flexibility index (Phi) is 3.01. The first-order chi connectivity index (χ1) is 7.63. The number of esters is 1. The van der Waals surface area contributed by atoms with Crippen LogP contribution in [0, 0.1) is 12.8 Å². The van der Waals surface area contributed by atoms with Crippen molar-refractivity contribution in [1.29, 1.82) is 0 Å². The Morgan fingerprint density at radius 1 is 1.50 bits per heavy atom. The predicted molar refractivity (Wildman–Crippen MR) is 61.7 cm³/mol. The van der Waals surface area contributed by atoms with Gasteiger partial charge in [0.1, 0.15) is 5.92 Å². The van der Waals surface area contributed by atoms with Crippen molar-refractivity contribution in [2.24, 2.45) is 5.92 Å². The van der Waals surface area contributed by atoms with Crippen molar-refractivity contribution in [3.63, 3.8) is 0 Å². The Balaban J connectivity index is 2.38. The summed E-state index contributed by atoms with van der Waals surface area (Å²) in [5.74, 6) is -0.736. The molecule has 0 aliphatic carbocycles. The van der Waals surface area contributed by atoms with Crippen LogP contribution < -0.4 is 0 Å². The molecule has 0 amide bonds. The summed E-state index contributed by atoms with van der Waals surface area (Å²) < 4.78 is 4.63. The monoisotopic (exact) mass is 236 g/mol. The van der Waals surface area contributed by atoms with Crippen LogP contribution in [-0.2, 0) is 9.53 Å². The fourth-order valence-corrected chi connectivity index (χ4v) is 2.83. The molecule has 0 aromatic heterocycles. The van der Waals surface area contributed by atoms with Gasteiger partial charge in [-0.15, -0.1) is 11.8 Å². The number of benzene rings is 1. The zero-order valence-corrected chi connectivity index (χ0v) is 9.97. The average molecular weight is 236 g/mol. The number of rotatable bonds is 1. The zero-order chi connectivity index (χ0) is 11.7. The third-order valence-electron chi connectivity index (χ3n) is 2.61. The van der Waals surface area contributed by atoms with Gasteiger partial charge < -0.3 is 4.74 Å². The molecule has 0 N–H and O–H groups in total. The van der Waals surface area contributed by atoms with Crippen LogP contribution in [-0.4, -0.2) is 24.6 Å². The summed E-state index contributed by atoms with van der Waals surface area (Å²) in [6.45, 7) is 1.93. The highest BCUT2D eigenvalue weighted by molar-refractivity contribution is 7.99. The molecule has 0 saturated heterocycles. The van der Waals surface area contributed by atoms with Crippen LogP contribution in [0.2, 0.25) is 0 Å². The molecule has 1 unspecified atom stereocenters. The first-order valence-electron chi connectivity index (χ1n) is 4.99. The fourth-order valence-electron chi connectivity index (χ4n) is 1.72. The maximum Gasteiger partial charge on any atom is 0.317 e. The Morgan fingerprint density at radius 3 is 2.94 bits per heavy atom. The van der Waals surface area contributed by atoms with Gasteiger partial charge in [0.05, 0.1) is 7.11 Å². The third-order valence-corrected chi connectivity index (χ3v) is 3.78. The largest absolute Gasteiger partial charge is 0.468 e. The summed E-state index contributed by atoms with van der Waals surface area (Å²) in [6.07, 6.45) is 0. The molecule has 0 spiro atoms. The van der Waals surface area contributed by atoms with E-state index >= 15 is 0 Å². The number of aryl methyl sites for hydroxylation is 1. The topological polar surface area (TPSA) is 43.4 Å². The molecule has 0 radical (unpaired) electrons. The van der Waals surface area contributed by atoms with E-state index in [9.17, 15) is 9.59 Å². The minimum Gasteiger partial charge on any atom is -0.468 e. The number of carbonyl (C=O) groups excluding carboxylic acids is 2. The number of hydrogen-bond donors (Lipinski definition) is 0. The molecule has 2 rings (SSSR count). The molecule has 0 fully saturated rings. The lowest BCUT2D eigenvalue weighted by Crippen LogP contribution is -2.30. The van der Waals surface area contributed by atoms with Crippen LogP contribution in [0.15, 0.2) is 23.1 Å². The van der Waals surface area contributed by atoms with Crippen LogP contribution in [0.3, 0.4) is 0 Å². The summed E-state index contributed by atoms with van der Waals surface area (Å²) >= 11 is 1.53. The van der Waals surface area contributed by atoms with Gasteiger partial charge in [0.15, 0.2) is 5.78 Å². The fraction of sp³-hybridized carbons (Fsp3) is 0.333. The van der Waals surface area contributed by atoms with Gasteiger partial charge in [-0.25, -0.2) is 0 Å². The molecular formula is C12H12O3S. The summed E-state index contributed by atoms with van der Waals surface area (Å²) in [5, 5.41) is 0. The Labute approximate surface area is 98.2 Å². The number of Topliss-reactive ketones (excluding diaryl/α,β-unsaturated/α-hetero) is 1. The van der Waals surface area contributed by atoms with Crippen molar-refractivity contribution in [2.75, 3.05) is 12.9 Å². The number of ketones is 1. The molecule has 1 aromatic rings. The maximum atomic E-state index is 12.1. The highest BCUT2D eigenvalue weighted by Gasteiger charge is 2.33. The van der Waals surface area contributed by atoms with Crippen molar-refractivity contribution in [3.8, 4) is 0 Å². The van der Waals surface area contributed by atoms with Crippen molar-refractivity contribution in [2.45, 2.75) is 11.8 Å². The quantitative estimate of drug-likeness (QED) is 0.553. The van der Waals surface area contributed by atoms with Gasteiger partial charge in [0.25, 0.3) is 0 Å². The first-order valence-corrected chi connectivity index (χ1v) is 5.97. The summed E-state index contributed by atoms with van der Waals surface area (Å²) in [5.41, 5.74) is 1.67. The van der Waals surface area contributed by atoms with Gasteiger partial charge in [0, 0.05) is 16.2 Å². The lowest BCUT2D eigenvalue weighted by molar-refractivity contribution is -0.142. The molecule has 4 heteroatoms. The summed E-state index contributed by atoms with van der Waals surface area (Å²) in [7, 11) is 1.31. The number of ether oxygens (including phenoxy) is 1. The lowest BCUT2D eigenvalue weighted by atomic mass is 9.97. The maximum absolute atomic E-state index is 12.1. The van der Waals surface area contributed by atoms with Gasteiger partial charge >= 0.3 is 5.97 Å². The second-order valence-electron chi connectivity index (χ2n) is 3.75. The van der Waals surface area contributed by atoms with E-state index in [0.717, 1.165) is 10.5 Å². The van der Waals surface area contributed by atoms with Gasteiger partial charge in [-0.3, -0.25) is 9.59 Å². The smallest absolute Gasteiger partial charge is 0.317 e. The Bertz CT molecular complexity index is 454. The van der Waals surface area contributed by atoms with E-state index in [0.29, 0.717) is 11.3 Å². The minimum absolute atomic E-state index is 0.121. The molecular weight excluding hydrogens is 224 g/mol. The second kappa shape index (κ2) is 4.29. The third kappa shape index (κ3) is 1.85. The van der Waals surface area contributed by atoms with Crippen LogP contribution in [0.4, 0.5) is 0 Å². The standard InChI is InChI=1S/C12H12O3S/c1-7-3-4-10-8(5-7)11(13)9(6-16-10)12(14)15-2/h3-5,9H,6H2,1-2H3. The zero-order valence-electron chi connectivity index (χ0n) is 9.15. The number of fused-ring (bicyclic) bond motifs is 1. The molecule has 1 aromatic carbocycles. The van der Waals surface area contributed by atoms with Crippen molar-refractivity contribution in [3.05, 3.63) is 29.3 Å². The van der Waals surface area contributed by atoms with Crippen LogP contribution >= 0.6 is 11.8 Å². The SMILES string of the molecule is COC(=O)C1CSc2ccc(C)cc2C1=O. The van der Waals surface area contributed by atoms with E-state index in [2.05, 4.69) is 4.74 Å². The van der Waals surface area contributed by atoms with Crippen molar-refractivity contribution < 1.29 is 14.3 Å².